The second kappa shape index (κ2) is 6.39. The lowest BCUT2D eigenvalue weighted by atomic mass is 10.1. The quantitative estimate of drug-likeness (QED) is 0.909. The van der Waals surface area contributed by atoms with Gasteiger partial charge in [0.25, 0.3) is 0 Å². The molecule has 20 heavy (non-hydrogen) atoms. The minimum absolute atomic E-state index is 0.0629. The van der Waals surface area contributed by atoms with Crippen LogP contribution in [0.4, 0.5) is 4.39 Å². The topological polar surface area (TPSA) is 44.5 Å². The lowest BCUT2D eigenvalue weighted by Crippen LogP contribution is -2.05. The fraction of sp³-hybridized carbons (Fsp3) is 0.250. The van der Waals surface area contributed by atoms with E-state index in [0.29, 0.717) is 11.3 Å². The third kappa shape index (κ3) is 3.27. The Hall–Kier alpha value is -2.07. The van der Waals surface area contributed by atoms with Gasteiger partial charge in [-0.3, -0.25) is 0 Å². The van der Waals surface area contributed by atoms with Crippen molar-refractivity contribution in [3.05, 3.63) is 59.4 Å². The van der Waals surface area contributed by atoms with Crippen molar-refractivity contribution in [2.45, 2.75) is 19.6 Å². The van der Waals surface area contributed by atoms with Crippen molar-refractivity contribution in [1.82, 2.24) is 0 Å². The zero-order valence-corrected chi connectivity index (χ0v) is 11.6. The van der Waals surface area contributed by atoms with Gasteiger partial charge in [-0.1, -0.05) is 24.3 Å². The van der Waals surface area contributed by atoms with Gasteiger partial charge in [-0.25, -0.2) is 4.39 Å². The number of hydrogen-bond acceptors (Lipinski definition) is 3. The first-order valence-electron chi connectivity index (χ1n) is 6.41. The number of methoxy groups -OCH3 is 1. The minimum Gasteiger partial charge on any atom is -0.494 e. The van der Waals surface area contributed by atoms with Crippen molar-refractivity contribution < 1.29 is 13.9 Å². The summed E-state index contributed by atoms with van der Waals surface area (Å²) in [7, 11) is 1.44. The number of benzene rings is 2. The van der Waals surface area contributed by atoms with Crippen molar-refractivity contribution in [3.8, 4) is 11.5 Å². The number of ether oxygens (including phenoxy) is 2. The van der Waals surface area contributed by atoms with E-state index in [1.807, 2.05) is 31.2 Å². The van der Waals surface area contributed by atoms with Crippen LogP contribution in [0.15, 0.2) is 42.5 Å². The molecule has 0 amide bonds. The Morgan fingerprint density at radius 1 is 1.20 bits per heavy atom. The van der Waals surface area contributed by atoms with Gasteiger partial charge in [0, 0.05) is 11.6 Å². The van der Waals surface area contributed by atoms with Gasteiger partial charge in [0.05, 0.1) is 7.11 Å². The average molecular weight is 275 g/mol. The van der Waals surface area contributed by atoms with Crippen molar-refractivity contribution >= 4 is 0 Å². The highest BCUT2D eigenvalue weighted by Gasteiger charge is 2.09. The van der Waals surface area contributed by atoms with Crippen molar-refractivity contribution in [1.29, 1.82) is 0 Å². The van der Waals surface area contributed by atoms with Crippen molar-refractivity contribution in [2.75, 3.05) is 7.11 Å². The van der Waals surface area contributed by atoms with Crippen LogP contribution in [0.5, 0.6) is 11.5 Å². The Morgan fingerprint density at radius 2 is 1.95 bits per heavy atom. The Labute approximate surface area is 118 Å². The van der Waals surface area contributed by atoms with E-state index >= 15 is 0 Å². The van der Waals surface area contributed by atoms with Crippen LogP contribution < -0.4 is 15.2 Å². The summed E-state index contributed by atoms with van der Waals surface area (Å²) < 4.78 is 24.5. The molecule has 0 saturated heterocycles. The summed E-state index contributed by atoms with van der Waals surface area (Å²) in [6.07, 6.45) is 0. The van der Waals surface area contributed by atoms with Crippen LogP contribution in [0.25, 0.3) is 0 Å². The van der Waals surface area contributed by atoms with Crippen molar-refractivity contribution in [3.63, 3.8) is 0 Å². The van der Waals surface area contributed by atoms with Gasteiger partial charge < -0.3 is 15.2 Å². The van der Waals surface area contributed by atoms with Crippen molar-refractivity contribution in [2.24, 2.45) is 5.73 Å². The standard InChI is InChI=1S/C16H18FNO2/c1-11(18)12-5-3-7-14(9-12)20-10-13-6-4-8-15(19-2)16(13)17/h3-9,11H,10,18H2,1-2H3/t11-/m1/s1. The van der Waals surface area contributed by atoms with E-state index < -0.39 is 5.82 Å². The summed E-state index contributed by atoms with van der Waals surface area (Å²) in [5, 5.41) is 0. The molecular formula is C16H18FNO2. The molecule has 4 heteroatoms. The van der Waals surface area contributed by atoms with Gasteiger partial charge >= 0.3 is 0 Å². The highest BCUT2D eigenvalue weighted by atomic mass is 19.1. The molecule has 2 rings (SSSR count). The summed E-state index contributed by atoms with van der Waals surface area (Å²) in [4.78, 5) is 0. The Morgan fingerprint density at radius 3 is 2.65 bits per heavy atom. The van der Waals surface area contributed by atoms with Gasteiger partial charge in [-0.05, 0) is 30.7 Å². The molecule has 0 aliphatic heterocycles. The summed E-state index contributed by atoms with van der Waals surface area (Å²) in [5.41, 5.74) is 7.25. The molecule has 2 aromatic carbocycles. The number of nitrogens with two attached hydrogens (primary N) is 1. The van der Waals surface area contributed by atoms with Crippen LogP contribution >= 0.6 is 0 Å². The average Bonchev–Trinajstić information content (AvgIpc) is 2.46. The van der Waals surface area contributed by atoms with Crippen LogP contribution in [0.3, 0.4) is 0 Å². The molecule has 0 heterocycles. The monoisotopic (exact) mass is 275 g/mol. The van der Waals surface area contributed by atoms with Crippen LogP contribution in [-0.2, 0) is 6.61 Å². The van der Waals surface area contributed by atoms with E-state index in [1.54, 1.807) is 18.2 Å². The molecule has 0 bridgehead atoms. The van der Waals surface area contributed by atoms with Crippen LogP contribution in [-0.4, -0.2) is 7.11 Å². The molecule has 2 aromatic rings. The molecule has 2 N–H and O–H groups in total. The zero-order chi connectivity index (χ0) is 14.5. The van der Waals surface area contributed by atoms with E-state index in [9.17, 15) is 4.39 Å². The third-order valence-electron chi connectivity index (χ3n) is 3.04. The van der Waals surface area contributed by atoms with Gasteiger partial charge in [-0.2, -0.15) is 0 Å². The molecular weight excluding hydrogens is 257 g/mol. The summed E-state index contributed by atoms with van der Waals surface area (Å²) in [6.45, 7) is 2.05. The fourth-order valence-electron chi connectivity index (χ4n) is 1.87. The Bertz CT molecular complexity index is 584. The fourth-order valence-corrected chi connectivity index (χ4v) is 1.87. The molecule has 0 aliphatic rings. The maximum atomic E-state index is 14.0. The van der Waals surface area contributed by atoms with Crippen LogP contribution in [0.1, 0.15) is 24.1 Å². The molecule has 0 aromatic heterocycles. The second-order valence-electron chi connectivity index (χ2n) is 4.58. The summed E-state index contributed by atoms with van der Waals surface area (Å²) in [6, 6.07) is 12.4. The predicted molar refractivity (Wildman–Crippen MR) is 76.3 cm³/mol. The zero-order valence-electron chi connectivity index (χ0n) is 11.6. The minimum atomic E-state index is -0.390. The van der Waals surface area contributed by atoms with Crippen LogP contribution in [0.2, 0.25) is 0 Å². The molecule has 3 nitrogen and oxygen atoms in total. The third-order valence-corrected chi connectivity index (χ3v) is 3.04. The van der Waals surface area contributed by atoms with E-state index in [1.165, 1.54) is 7.11 Å². The number of halogens is 1. The molecule has 0 radical (unpaired) electrons. The highest BCUT2D eigenvalue weighted by Crippen LogP contribution is 2.23. The smallest absolute Gasteiger partial charge is 0.171 e. The molecule has 106 valence electrons. The molecule has 0 spiro atoms. The highest BCUT2D eigenvalue weighted by molar-refractivity contribution is 5.33. The lowest BCUT2D eigenvalue weighted by molar-refractivity contribution is 0.295. The van der Waals surface area contributed by atoms with Crippen LogP contribution in [0, 0.1) is 5.82 Å². The number of rotatable bonds is 5. The predicted octanol–water partition coefficient (Wildman–Crippen LogP) is 3.43. The van der Waals surface area contributed by atoms with E-state index in [2.05, 4.69) is 0 Å². The van der Waals surface area contributed by atoms with E-state index in [4.69, 9.17) is 15.2 Å². The molecule has 0 fully saturated rings. The second-order valence-corrected chi connectivity index (χ2v) is 4.58. The SMILES string of the molecule is COc1cccc(COc2cccc([C@@H](C)N)c2)c1F. The Kier molecular flexibility index (Phi) is 4.58. The molecule has 0 aliphatic carbocycles. The summed E-state index contributed by atoms with van der Waals surface area (Å²) >= 11 is 0. The lowest BCUT2D eigenvalue weighted by Gasteiger charge is -2.11. The molecule has 0 saturated carbocycles. The first kappa shape index (κ1) is 14.3. The number of hydrogen-bond donors (Lipinski definition) is 1. The van der Waals surface area contributed by atoms with Gasteiger partial charge in [0.15, 0.2) is 11.6 Å². The van der Waals surface area contributed by atoms with Gasteiger partial charge in [0.1, 0.15) is 12.4 Å². The van der Waals surface area contributed by atoms with E-state index in [-0.39, 0.29) is 18.4 Å². The first-order valence-corrected chi connectivity index (χ1v) is 6.41. The van der Waals surface area contributed by atoms with E-state index in [0.717, 1.165) is 5.56 Å². The summed E-state index contributed by atoms with van der Waals surface area (Å²) in [5.74, 6) is 0.496. The maximum Gasteiger partial charge on any atom is 0.171 e. The Balaban J connectivity index is 2.11. The maximum absolute atomic E-state index is 14.0. The largest absolute Gasteiger partial charge is 0.494 e. The normalized spacial score (nSPS) is 12.0. The molecule has 1 atom stereocenters. The van der Waals surface area contributed by atoms with Gasteiger partial charge in [0.2, 0.25) is 0 Å². The first-order chi connectivity index (χ1) is 9.61. The molecule has 0 unspecified atom stereocenters. The van der Waals surface area contributed by atoms with Gasteiger partial charge in [-0.15, -0.1) is 0 Å².